The second-order valence-electron chi connectivity index (χ2n) is 5.96. The lowest BCUT2D eigenvalue weighted by atomic mass is 9.81. The fraction of sp³-hybridized carbons (Fsp3) is 0.600. The maximum absolute atomic E-state index is 12.4. The van der Waals surface area contributed by atoms with Gasteiger partial charge in [-0.05, 0) is 48.0 Å². The molecule has 1 saturated carbocycles. The monoisotopic (exact) mass is 370 g/mol. The normalized spacial score (nSPS) is 25.8. The minimum absolute atomic E-state index is 0.0453. The van der Waals surface area contributed by atoms with E-state index in [1.807, 2.05) is 18.0 Å². The van der Waals surface area contributed by atoms with E-state index in [1.165, 1.54) is 9.78 Å². The number of fused-ring (bicyclic) bond motifs is 1. The Morgan fingerprint density at radius 1 is 1.24 bits per heavy atom. The molecule has 2 heterocycles. The number of carbonyl (C=O) groups is 2. The molecular weight excluding hydrogens is 352 g/mol. The third-order valence-electron chi connectivity index (χ3n) is 4.37. The number of amides is 2. The van der Waals surface area contributed by atoms with Crippen molar-refractivity contribution in [3.63, 3.8) is 0 Å². The Morgan fingerprint density at radius 2 is 1.86 bits per heavy atom. The van der Waals surface area contributed by atoms with Crippen molar-refractivity contribution in [2.75, 3.05) is 13.7 Å². The molecule has 0 N–H and O–H groups in total. The van der Waals surface area contributed by atoms with E-state index in [4.69, 9.17) is 0 Å². The molecule has 0 unspecified atom stereocenters. The first-order valence-electron chi connectivity index (χ1n) is 7.34. The standard InChI is InChI=1S/C15H19BrN2O2S/c1-17(8-10-6-7-13(16)21-10)9-18-14(19)11-4-2-3-5-12(11)15(18)20/h6-7,11-12H,2-5,8-9H2,1H3/t11-,12+. The van der Waals surface area contributed by atoms with Gasteiger partial charge in [-0.15, -0.1) is 11.3 Å². The minimum Gasteiger partial charge on any atom is -0.284 e. The van der Waals surface area contributed by atoms with Crippen molar-refractivity contribution in [2.45, 2.75) is 32.2 Å². The highest BCUT2D eigenvalue weighted by Crippen LogP contribution is 2.38. The van der Waals surface area contributed by atoms with Crippen LogP contribution in [0.5, 0.6) is 0 Å². The zero-order chi connectivity index (χ0) is 15.0. The summed E-state index contributed by atoms with van der Waals surface area (Å²) in [5.74, 6) is -0.00103. The average Bonchev–Trinajstić information content (AvgIpc) is 2.97. The highest BCUT2D eigenvalue weighted by molar-refractivity contribution is 9.11. The van der Waals surface area contributed by atoms with Crippen LogP contribution in [0.1, 0.15) is 30.6 Å². The number of hydrogen-bond acceptors (Lipinski definition) is 4. The summed E-state index contributed by atoms with van der Waals surface area (Å²) in [5, 5.41) is 0. The van der Waals surface area contributed by atoms with Crippen LogP contribution in [0, 0.1) is 11.8 Å². The number of nitrogens with zero attached hydrogens (tertiary/aromatic N) is 2. The third-order valence-corrected chi connectivity index (χ3v) is 5.98. The fourth-order valence-corrected chi connectivity index (χ4v) is 4.93. The van der Waals surface area contributed by atoms with Gasteiger partial charge in [0, 0.05) is 11.4 Å². The van der Waals surface area contributed by atoms with Gasteiger partial charge < -0.3 is 0 Å². The lowest BCUT2D eigenvalue weighted by Gasteiger charge is -2.22. The molecule has 114 valence electrons. The van der Waals surface area contributed by atoms with Gasteiger partial charge in [-0.2, -0.15) is 0 Å². The lowest BCUT2D eigenvalue weighted by Crippen LogP contribution is -2.39. The molecule has 0 radical (unpaired) electrons. The Morgan fingerprint density at radius 3 is 2.38 bits per heavy atom. The number of likely N-dealkylation sites (tertiary alicyclic amines) is 1. The van der Waals surface area contributed by atoms with E-state index in [9.17, 15) is 9.59 Å². The molecule has 1 saturated heterocycles. The van der Waals surface area contributed by atoms with Crippen LogP contribution in [0.2, 0.25) is 0 Å². The maximum atomic E-state index is 12.4. The molecule has 1 aromatic rings. The summed E-state index contributed by atoms with van der Waals surface area (Å²) < 4.78 is 1.10. The molecule has 2 amide bonds. The van der Waals surface area contributed by atoms with Crippen molar-refractivity contribution in [1.82, 2.24) is 9.80 Å². The first kappa shape index (κ1) is 15.2. The summed E-state index contributed by atoms with van der Waals surface area (Å²) in [6.45, 7) is 1.16. The number of imide groups is 1. The summed E-state index contributed by atoms with van der Waals surface area (Å²) in [7, 11) is 1.95. The van der Waals surface area contributed by atoms with Crippen LogP contribution >= 0.6 is 27.3 Å². The third kappa shape index (κ3) is 3.07. The molecule has 4 nitrogen and oxygen atoms in total. The van der Waals surface area contributed by atoms with E-state index in [1.54, 1.807) is 11.3 Å². The molecule has 1 aliphatic heterocycles. The molecule has 6 heteroatoms. The van der Waals surface area contributed by atoms with Crippen LogP contribution in [0.25, 0.3) is 0 Å². The van der Waals surface area contributed by atoms with Crippen LogP contribution in [-0.4, -0.2) is 35.3 Å². The SMILES string of the molecule is CN(Cc1ccc(Br)s1)CN1C(=O)[C@H]2CCCC[C@H]2C1=O. The van der Waals surface area contributed by atoms with E-state index >= 15 is 0 Å². The predicted molar refractivity (Wildman–Crippen MR) is 85.7 cm³/mol. The first-order valence-corrected chi connectivity index (χ1v) is 8.95. The molecular formula is C15H19BrN2O2S. The van der Waals surface area contributed by atoms with E-state index in [0.29, 0.717) is 6.67 Å². The van der Waals surface area contributed by atoms with Crippen LogP contribution in [-0.2, 0) is 16.1 Å². The Kier molecular flexibility index (Phi) is 4.47. The Bertz CT molecular complexity index is 536. The van der Waals surface area contributed by atoms with Crippen LogP contribution in [0.4, 0.5) is 0 Å². The Hall–Kier alpha value is -0.720. The largest absolute Gasteiger partial charge is 0.284 e. The number of thiophene rings is 1. The second kappa shape index (κ2) is 6.18. The summed E-state index contributed by atoms with van der Waals surface area (Å²) in [6.07, 6.45) is 3.92. The van der Waals surface area contributed by atoms with E-state index in [0.717, 1.165) is 36.0 Å². The number of hydrogen-bond donors (Lipinski definition) is 0. The Balaban J connectivity index is 1.64. The van der Waals surface area contributed by atoms with Crippen molar-refractivity contribution < 1.29 is 9.59 Å². The zero-order valence-electron chi connectivity index (χ0n) is 12.0. The molecule has 1 aromatic heterocycles. The van der Waals surface area contributed by atoms with Crippen molar-refractivity contribution in [3.8, 4) is 0 Å². The first-order chi connectivity index (χ1) is 10.1. The van der Waals surface area contributed by atoms with Crippen LogP contribution in [0.15, 0.2) is 15.9 Å². The number of halogens is 1. The lowest BCUT2D eigenvalue weighted by molar-refractivity contribution is -0.142. The number of rotatable bonds is 4. The van der Waals surface area contributed by atoms with E-state index in [-0.39, 0.29) is 23.7 Å². The highest BCUT2D eigenvalue weighted by Gasteiger charge is 2.48. The van der Waals surface area contributed by atoms with Gasteiger partial charge in [0.2, 0.25) is 11.8 Å². The van der Waals surface area contributed by atoms with Gasteiger partial charge in [0.05, 0.1) is 22.3 Å². The van der Waals surface area contributed by atoms with Gasteiger partial charge in [-0.25, -0.2) is 0 Å². The summed E-state index contributed by atoms with van der Waals surface area (Å²) in [4.78, 5) is 29.6. The summed E-state index contributed by atoms with van der Waals surface area (Å²) in [5.41, 5.74) is 0. The smallest absolute Gasteiger partial charge is 0.234 e. The topological polar surface area (TPSA) is 40.6 Å². The number of carbonyl (C=O) groups excluding carboxylic acids is 2. The van der Waals surface area contributed by atoms with Gasteiger partial charge in [0.15, 0.2) is 0 Å². The van der Waals surface area contributed by atoms with Crippen LogP contribution in [0.3, 0.4) is 0 Å². The van der Waals surface area contributed by atoms with Crippen molar-refractivity contribution in [2.24, 2.45) is 11.8 Å². The van der Waals surface area contributed by atoms with Gasteiger partial charge in [-0.1, -0.05) is 12.8 Å². The molecule has 0 bridgehead atoms. The van der Waals surface area contributed by atoms with Crippen LogP contribution < -0.4 is 0 Å². The molecule has 0 spiro atoms. The maximum Gasteiger partial charge on any atom is 0.234 e. The molecule has 3 rings (SSSR count). The van der Waals surface area contributed by atoms with E-state index in [2.05, 4.69) is 22.0 Å². The fourth-order valence-electron chi connectivity index (χ4n) is 3.36. The van der Waals surface area contributed by atoms with Gasteiger partial charge in [0.1, 0.15) is 0 Å². The summed E-state index contributed by atoms with van der Waals surface area (Å²) >= 11 is 5.13. The highest BCUT2D eigenvalue weighted by atomic mass is 79.9. The molecule has 0 aromatic carbocycles. The van der Waals surface area contributed by atoms with E-state index < -0.39 is 0 Å². The second-order valence-corrected chi connectivity index (χ2v) is 8.51. The predicted octanol–water partition coefficient (Wildman–Crippen LogP) is 3.08. The van der Waals surface area contributed by atoms with Gasteiger partial charge in [0.25, 0.3) is 0 Å². The average molecular weight is 371 g/mol. The quantitative estimate of drug-likeness (QED) is 0.764. The minimum atomic E-state index is -0.0458. The molecule has 2 atom stereocenters. The summed E-state index contributed by atoms with van der Waals surface area (Å²) in [6, 6.07) is 4.09. The zero-order valence-corrected chi connectivity index (χ0v) is 14.5. The Labute approximate surface area is 137 Å². The molecule has 21 heavy (non-hydrogen) atoms. The van der Waals surface area contributed by atoms with Crippen molar-refractivity contribution in [1.29, 1.82) is 0 Å². The van der Waals surface area contributed by atoms with Gasteiger partial charge in [-0.3, -0.25) is 19.4 Å². The van der Waals surface area contributed by atoms with Crippen molar-refractivity contribution >= 4 is 39.1 Å². The molecule has 2 aliphatic rings. The molecule has 1 aliphatic carbocycles. The van der Waals surface area contributed by atoms with Gasteiger partial charge >= 0.3 is 0 Å². The molecule has 2 fully saturated rings. The van der Waals surface area contributed by atoms with Crippen molar-refractivity contribution in [3.05, 3.63) is 20.8 Å².